The van der Waals surface area contributed by atoms with Crippen LogP contribution in [0.2, 0.25) is 0 Å². The van der Waals surface area contributed by atoms with Crippen LogP contribution in [0.5, 0.6) is 0 Å². The summed E-state index contributed by atoms with van der Waals surface area (Å²) < 4.78 is 5.17. The minimum atomic E-state index is 0.663. The summed E-state index contributed by atoms with van der Waals surface area (Å²) in [7, 11) is 0. The van der Waals surface area contributed by atoms with E-state index in [9.17, 15) is 0 Å². The molecule has 0 atom stereocenters. The Morgan fingerprint density at radius 1 is 1.42 bits per heavy atom. The van der Waals surface area contributed by atoms with E-state index in [1.165, 1.54) is 5.57 Å². The summed E-state index contributed by atoms with van der Waals surface area (Å²) in [6.07, 6.45) is 3.90. The van der Waals surface area contributed by atoms with Gasteiger partial charge in [-0.05, 0) is 19.8 Å². The first-order valence-corrected chi connectivity index (χ1v) is 4.60. The van der Waals surface area contributed by atoms with E-state index in [0.29, 0.717) is 6.61 Å². The zero-order valence-electron chi connectivity index (χ0n) is 8.73. The monoisotopic (exact) mass is 170 g/mol. The van der Waals surface area contributed by atoms with Gasteiger partial charge in [-0.2, -0.15) is 0 Å². The lowest BCUT2D eigenvalue weighted by molar-refractivity contribution is 0.160. The topological polar surface area (TPSA) is 9.23 Å². The van der Waals surface area contributed by atoms with Gasteiger partial charge in [0.25, 0.3) is 0 Å². The van der Waals surface area contributed by atoms with Gasteiger partial charge in [0.2, 0.25) is 0 Å². The first kappa shape index (κ1) is 14.0. The molecule has 0 aliphatic rings. The third-order valence-corrected chi connectivity index (χ3v) is 1.13. The molecule has 72 valence electrons. The average molecular weight is 170 g/mol. The lowest BCUT2D eigenvalue weighted by Crippen LogP contribution is -1.93. The maximum atomic E-state index is 5.17. The predicted molar refractivity (Wildman–Crippen MR) is 56.4 cm³/mol. The smallest absolute Gasteiger partial charge is 0.0644 e. The Kier molecular flexibility index (Phi) is 15.2. The van der Waals surface area contributed by atoms with Gasteiger partial charge in [-0.15, -0.1) is 13.2 Å². The highest BCUT2D eigenvalue weighted by atomic mass is 16.5. The molecule has 0 aliphatic carbocycles. The van der Waals surface area contributed by atoms with E-state index in [1.807, 2.05) is 20.8 Å². The molecule has 0 aliphatic heterocycles. The number of rotatable bonds is 6. The van der Waals surface area contributed by atoms with Crippen LogP contribution in [-0.2, 0) is 4.74 Å². The SMILES string of the molecule is C=CCOCCCC(=C)C.CC. The highest BCUT2D eigenvalue weighted by molar-refractivity contribution is 4.87. The van der Waals surface area contributed by atoms with Crippen molar-refractivity contribution in [3.63, 3.8) is 0 Å². The molecule has 0 amide bonds. The van der Waals surface area contributed by atoms with Crippen molar-refractivity contribution >= 4 is 0 Å². The second kappa shape index (κ2) is 13.1. The average Bonchev–Trinajstić information content (AvgIpc) is 2.07. The Labute approximate surface area is 77.1 Å². The van der Waals surface area contributed by atoms with Crippen LogP contribution in [0.25, 0.3) is 0 Å². The van der Waals surface area contributed by atoms with Gasteiger partial charge in [-0.1, -0.05) is 25.5 Å². The third kappa shape index (κ3) is 16.2. The molecule has 0 rings (SSSR count). The van der Waals surface area contributed by atoms with E-state index in [-0.39, 0.29) is 0 Å². The van der Waals surface area contributed by atoms with Gasteiger partial charge in [0.1, 0.15) is 0 Å². The van der Waals surface area contributed by atoms with Gasteiger partial charge in [0, 0.05) is 6.61 Å². The maximum absolute atomic E-state index is 5.17. The predicted octanol–water partition coefficient (Wildman–Crippen LogP) is 3.57. The Bertz CT molecular complexity index is 106. The van der Waals surface area contributed by atoms with Crippen LogP contribution >= 0.6 is 0 Å². The summed E-state index contributed by atoms with van der Waals surface area (Å²) in [5.74, 6) is 0. The molecule has 0 aromatic rings. The Balaban J connectivity index is 0. The van der Waals surface area contributed by atoms with Crippen molar-refractivity contribution in [2.75, 3.05) is 13.2 Å². The lowest BCUT2D eigenvalue weighted by Gasteiger charge is -1.99. The molecule has 0 spiro atoms. The zero-order valence-corrected chi connectivity index (χ0v) is 8.73. The minimum Gasteiger partial charge on any atom is -0.377 e. The van der Waals surface area contributed by atoms with Gasteiger partial charge in [-0.25, -0.2) is 0 Å². The molecule has 0 bridgehead atoms. The van der Waals surface area contributed by atoms with E-state index < -0.39 is 0 Å². The van der Waals surface area contributed by atoms with Gasteiger partial charge in [0.15, 0.2) is 0 Å². The van der Waals surface area contributed by atoms with Gasteiger partial charge >= 0.3 is 0 Å². The maximum Gasteiger partial charge on any atom is 0.0644 e. The molecule has 0 heterocycles. The quantitative estimate of drug-likeness (QED) is 0.437. The van der Waals surface area contributed by atoms with Crippen molar-refractivity contribution in [2.24, 2.45) is 0 Å². The van der Waals surface area contributed by atoms with E-state index in [1.54, 1.807) is 6.08 Å². The highest BCUT2D eigenvalue weighted by Gasteiger charge is 1.86. The number of allylic oxidation sites excluding steroid dienone is 1. The van der Waals surface area contributed by atoms with Crippen LogP contribution in [0.3, 0.4) is 0 Å². The summed E-state index contributed by atoms with van der Waals surface area (Å²) in [5, 5.41) is 0. The van der Waals surface area contributed by atoms with E-state index in [0.717, 1.165) is 19.4 Å². The molecule has 0 saturated carbocycles. The first-order valence-electron chi connectivity index (χ1n) is 4.60. The molecule has 0 aromatic heterocycles. The summed E-state index contributed by atoms with van der Waals surface area (Å²) in [6, 6.07) is 0. The molecule has 1 nitrogen and oxygen atoms in total. The summed E-state index contributed by atoms with van der Waals surface area (Å²) in [6.45, 7) is 14.9. The summed E-state index contributed by atoms with van der Waals surface area (Å²) >= 11 is 0. The fourth-order valence-electron chi connectivity index (χ4n) is 0.643. The van der Waals surface area contributed by atoms with E-state index in [2.05, 4.69) is 13.2 Å². The molecule has 12 heavy (non-hydrogen) atoms. The van der Waals surface area contributed by atoms with E-state index >= 15 is 0 Å². The van der Waals surface area contributed by atoms with Crippen molar-refractivity contribution in [3.8, 4) is 0 Å². The molecular weight excluding hydrogens is 148 g/mol. The number of hydrogen-bond donors (Lipinski definition) is 0. The van der Waals surface area contributed by atoms with Crippen LogP contribution in [0.1, 0.15) is 33.6 Å². The van der Waals surface area contributed by atoms with Crippen LogP contribution in [0.4, 0.5) is 0 Å². The van der Waals surface area contributed by atoms with Crippen LogP contribution in [0.15, 0.2) is 24.8 Å². The largest absolute Gasteiger partial charge is 0.377 e. The van der Waals surface area contributed by atoms with Crippen LogP contribution in [-0.4, -0.2) is 13.2 Å². The molecular formula is C11H22O. The Morgan fingerprint density at radius 2 is 2.00 bits per heavy atom. The minimum absolute atomic E-state index is 0.663. The standard InChI is InChI=1S/C9H16O.C2H6/c1-4-7-10-8-5-6-9(2)3;1-2/h4H,1-2,5-8H2,3H3;1-2H3. The third-order valence-electron chi connectivity index (χ3n) is 1.13. The molecule has 0 unspecified atom stereocenters. The summed E-state index contributed by atoms with van der Waals surface area (Å²) in [4.78, 5) is 0. The highest BCUT2D eigenvalue weighted by Crippen LogP contribution is 1.99. The number of ether oxygens (including phenoxy) is 1. The Morgan fingerprint density at radius 3 is 2.42 bits per heavy atom. The second-order valence-corrected chi connectivity index (χ2v) is 2.42. The first-order chi connectivity index (χ1) is 5.77. The van der Waals surface area contributed by atoms with Crippen molar-refractivity contribution in [1.29, 1.82) is 0 Å². The fourth-order valence-corrected chi connectivity index (χ4v) is 0.643. The van der Waals surface area contributed by atoms with Gasteiger partial charge in [0.05, 0.1) is 6.61 Å². The van der Waals surface area contributed by atoms with Gasteiger partial charge < -0.3 is 4.74 Å². The van der Waals surface area contributed by atoms with Crippen molar-refractivity contribution in [3.05, 3.63) is 24.8 Å². The van der Waals surface area contributed by atoms with E-state index in [4.69, 9.17) is 4.74 Å². The Hall–Kier alpha value is -0.560. The van der Waals surface area contributed by atoms with Gasteiger partial charge in [-0.3, -0.25) is 0 Å². The van der Waals surface area contributed by atoms with Crippen LogP contribution in [0, 0.1) is 0 Å². The molecule has 0 N–H and O–H groups in total. The van der Waals surface area contributed by atoms with Crippen molar-refractivity contribution < 1.29 is 4.74 Å². The lowest BCUT2D eigenvalue weighted by atomic mass is 10.2. The second-order valence-electron chi connectivity index (χ2n) is 2.42. The normalized spacial score (nSPS) is 8.25. The number of hydrogen-bond acceptors (Lipinski definition) is 1. The van der Waals surface area contributed by atoms with Crippen molar-refractivity contribution in [1.82, 2.24) is 0 Å². The molecule has 0 radical (unpaired) electrons. The van der Waals surface area contributed by atoms with Crippen LogP contribution < -0.4 is 0 Å². The zero-order chi connectivity index (χ0) is 9.82. The molecule has 0 saturated heterocycles. The molecule has 0 aromatic carbocycles. The summed E-state index contributed by atoms with van der Waals surface area (Å²) in [5.41, 5.74) is 1.22. The van der Waals surface area contributed by atoms with Crippen molar-refractivity contribution in [2.45, 2.75) is 33.6 Å². The fraction of sp³-hybridized carbons (Fsp3) is 0.636. The molecule has 0 fully saturated rings. The molecule has 1 heteroatoms.